The van der Waals surface area contributed by atoms with E-state index in [-0.39, 0.29) is 0 Å². The van der Waals surface area contributed by atoms with Gasteiger partial charge in [0.05, 0.1) is 17.9 Å². The van der Waals surface area contributed by atoms with Crippen LogP contribution in [-0.2, 0) is 6.54 Å². The largest absolute Gasteiger partial charge is 0.365 e. The fourth-order valence-corrected chi connectivity index (χ4v) is 2.65. The summed E-state index contributed by atoms with van der Waals surface area (Å²) in [6.07, 6.45) is 0. The van der Waals surface area contributed by atoms with Crippen LogP contribution in [-0.4, -0.2) is 21.8 Å². The number of aryl methyl sites for hydroxylation is 1. The molecule has 0 unspecified atom stereocenters. The predicted octanol–water partition coefficient (Wildman–Crippen LogP) is 3.68. The van der Waals surface area contributed by atoms with Crippen LogP contribution in [0.5, 0.6) is 0 Å². The molecule has 0 aliphatic carbocycles. The van der Waals surface area contributed by atoms with Gasteiger partial charge in [-0.3, -0.25) is 0 Å². The molecule has 0 atom stereocenters. The number of fused-ring (bicyclic) bond motifs is 3. The lowest BCUT2D eigenvalue weighted by molar-refractivity contribution is 0.712. The van der Waals surface area contributed by atoms with Gasteiger partial charge >= 0.3 is 0 Å². The van der Waals surface area contributed by atoms with Crippen LogP contribution in [0.3, 0.4) is 0 Å². The first-order chi connectivity index (χ1) is 9.58. The second-order valence-electron chi connectivity index (χ2n) is 5.21. The van der Waals surface area contributed by atoms with Crippen LogP contribution < -0.4 is 4.90 Å². The molecule has 2 aromatic rings. The number of hydrogen-bond acceptors (Lipinski definition) is 3. The Labute approximate surface area is 121 Å². The zero-order valence-corrected chi connectivity index (χ0v) is 13.3. The summed E-state index contributed by atoms with van der Waals surface area (Å²) in [5, 5.41) is 4.51. The molecular weight excluding hydrogens is 248 g/mol. The second-order valence-corrected chi connectivity index (χ2v) is 5.21. The Morgan fingerprint density at radius 2 is 1.90 bits per heavy atom. The average molecular weight is 272 g/mol. The van der Waals surface area contributed by atoms with E-state index in [1.165, 1.54) is 11.3 Å². The minimum atomic E-state index is 0.508. The summed E-state index contributed by atoms with van der Waals surface area (Å²) in [6.45, 7) is 11.2. The highest BCUT2D eigenvalue weighted by atomic mass is 15.4. The quantitative estimate of drug-likeness (QED) is 0.794. The maximum Gasteiger partial charge on any atom is 0.152 e. The molecule has 1 aliphatic heterocycles. The minimum absolute atomic E-state index is 0.508. The third-order valence-corrected chi connectivity index (χ3v) is 3.44. The van der Waals surface area contributed by atoms with Gasteiger partial charge in [0.25, 0.3) is 0 Å². The fourth-order valence-electron chi connectivity index (χ4n) is 2.65. The molecule has 1 aliphatic rings. The van der Waals surface area contributed by atoms with Gasteiger partial charge in [0.15, 0.2) is 5.82 Å². The zero-order chi connectivity index (χ0) is 14.9. The van der Waals surface area contributed by atoms with E-state index in [0.717, 1.165) is 23.9 Å². The number of benzene rings is 1. The lowest BCUT2D eigenvalue weighted by atomic mass is 9.98. The average Bonchev–Trinajstić information content (AvgIpc) is 2.81. The van der Waals surface area contributed by atoms with Crippen LogP contribution >= 0.6 is 0 Å². The van der Waals surface area contributed by atoms with Gasteiger partial charge in [-0.2, -0.15) is 5.10 Å². The lowest BCUT2D eigenvalue weighted by Crippen LogP contribution is -2.27. The van der Waals surface area contributed by atoms with Gasteiger partial charge in [-0.05, 0) is 24.5 Å². The molecule has 0 saturated carbocycles. The van der Waals surface area contributed by atoms with Crippen LogP contribution in [0.15, 0.2) is 18.2 Å². The van der Waals surface area contributed by atoms with Crippen molar-refractivity contribution in [2.45, 2.75) is 47.1 Å². The molecular formula is C16H24N4. The van der Waals surface area contributed by atoms with Crippen molar-refractivity contribution in [3.63, 3.8) is 0 Å². The van der Waals surface area contributed by atoms with Crippen molar-refractivity contribution in [3.05, 3.63) is 35.4 Å². The number of anilines is 1. The van der Waals surface area contributed by atoms with E-state index >= 15 is 0 Å². The minimum Gasteiger partial charge on any atom is -0.365 e. The maximum atomic E-state index is 4.51. The highest BCUT2D eigenvalue weighted by molar-refractivity contribution is 5.69. The van der Waals surface area contributed by atoms with Crippen molar-refractivity contribution in [3.8, 4) is 5.69 Å². The van der Waals surface area contributed by atoms with E-state index in [9.17, 15) is 0 Å². The van der Waals surface area contributed by atoms with Crippen molar-refractivity contribution in [2.75, 3.05) is 11.9 Å². The van der Waals surface area contributed by atoms with E-state index in [2.05, 4.69) is 54.1 Å². The molecule has 1 aromatic carbocycles. The van der Waals surface area contributed by atoms with E-state index in [1.807, 2.05) is 25.5 Å². The summed E-state index contributed by atoms with van der Waals surface area (Å²) in [4.78, 5) is 6.76. The summed E-state index contributed by atoms with van der Waals surface area (Å²) >= 11 is 0. The molecule has 0 N–H and O–H groups in total. The Balaban J connectivity index is 0.000000704. The monoisotopic (exact) mass is 272 g/mol. The number of aromatic nitrogens is 3. The number of rotatable bonds is 1. The summed E-state index contributed by atoms with van der Waals surface area (Å²) in [7, 11) is 2.12. The van der Waals surface area contributed by atoms with Gasteiger partial charge in [-0.15, -0.1) is 0 Å². The molecule has 4 nitrogen and oxygen atoms in total. The molecule has 0 radical (unpaired) electrons. The summed E-state index contributed by atoms with van der Waals surface area (Å²) in [5.41, 5.74) is 3.80. The maximum absolute atomic E-state index is 4.51. The smallest absolute Gasteiger partial charge is 0.152 e. The summed E-state index contributed by atoms with van der Waals surface area (Å²) in [6, 6.07) is 6.43. The Hall–Kier alpha value is -1.84. The molecule has 2 heterocycles. The van der Waals surface area contributed by atoms with Crippen molar-refractivity contribution in [1.29, 1.82) is 0 Å². The molecule has 0 saturated heterocycles. The third kappa shape index (κ3) is 2.30. The molecule has 0 spiro atoms. The summed E-state index contributed by atoms with van der Waals surface area (Å²) < 4.78 is 1.98. The number of para-hydroxylation sites is 1. The van der Waals surface area contributed by atoms with Gasteiger partial charge in [0.2, 0.25) is 0 Å². The van der Waals surface area contributed by atoms with Crippen molar-refractivity contribution < 1.29 is 0 Å². The molecule has 0 bridgehead atoms. The highest BCUT2D eigenvalue weighted by Crippen LogP contribution is 2.36. The van der Waals surface area contributed by atoms with Crippen LogP contribution in [0, 0.1) is 6.92 Å². The van der Waals surface area contributed by atoms with Gasteiger partial charge < -0.3 is 4.90 Å². The number of nitrogens with zero attached hydrogens (tertiary/aromatic N) is 4. The van der Waals surface area contributed by atoms with Crippen LogP contribution in [0.4, 0.5) is 5.69 Å². The lowest BCUT2D eigenvalue weighted by Gasteiger charge is -2.30. The predicted molar refractivity (Wildman–Crippen MR) is 83.6 cm³/mol. The van der Waals surface area contributed by atoms with E-state index < -0.39 is 0 Å². The normalized spacial score (nSPS) is 12.7. The van der Waals surface area contributed by atoms with Crippen LogP contribution in [0.25, 0.3) is 5.69 Å². The third-order valence-electron chi connectivity index (χ3n) is 3.44. The first-order valence-corrected chi connectivity index (χ1v) is 7.35. The van der Waals surface area contributed by atoms with Crippen molar-refractivity contribution in [1.82, 2.24) is 14.8 Å². The molecule has 20 heavy (non-hydrogen) atoms. The highest BCUT2D eigenvalue weighted by Gasteiger charge is 2.25. The fraction of sp³-hybridized carbons (Fsp3) is 0.500. The zero-order valence-electron chi connectivity index (χ0n) is 13.3. The van der Waals surface area contributed by atoms with E-state index in [4.69, 9.17) is 0 Å². The van der Waals surface area contributed by atoms with Crippen molar-refractivity contribution >= 4 is 5.69 Å². The Kier molecular flexibility index (Phi) is 4.12. The molecule has 1 aromatic heterocycles. The van der Waals surface area contributed by atoms with Gasteiger partial charge in [0, 0.05) is 7.05 Å². The topological polar surface area (TPSA) is 34.0 Å². The molecule has 4 heteroatoms. The molecule has 3 rings (SSSR count). The Morgan fingerprint density at radius 1 is 1.20 bits per heavy atom. The number of hydrogen-bond donors (Lipinski definition) is 0. The van der Waals surface area contributed by atoms with Gasteiger partial charge in [0.1, 0.15) is 5.82 Å². The van der Waals surface area contributed by atoms with Crippen LogP contribution in [0.1, 0.15) is 50.8 Å². The molecule has 0 fully saturated rings. The van der Waals surface area contributed by atoms with Crippen LogP contribution in [0.2, 0.25) is 0 Å². The molecule has 108 valence electrons. The van der Waals surface area contributed by atoms with Gasteiger partial charge in [-0.1, -0.05) is 39.8 Å². The second kappa shape index (κ2) is 5.65. The molecule has 0 amide bonds. The van der Waals surface area contributed by atoms with E-state index in [1.54, 1.807) is 0 Å². The Bertz CT molecular complexity index is 599. The Morgan fingerprint density at radius 3 is 2.55 bits per heavy atom. The van der Waals surface area contributed by atoms with Crippen molar-refractivity contribution in [2.24, 2.45) is 0 Å². The van der Waals surface area contributed by atoms with E-state index in [0.29, 0.717) is 5.92 Å². The first-order valence-electron chi connectivity index (χ1n) is 7.35. The first kappa shape index (κ1) is 14.6. The standard InChI is InChI=1S/C14H18N4.C2H6/c1-9(2)11-6-5-7-12-14(11)17(4)8-13-15-10(3)16-18(12)13;1-2/h5-7,9H,8H2,1-4H3;1-2H3. The SMILES string of the molecule is CC.Cc1nc2n(n1)-c1cccc(C(C)C)c1N(C)C2. The van der Waals surface area contributed by atoms with Gasteiger partial charge in [-0.25, -0.2) is 9.67 Å². The summed E-state index contributed by atoms with van der Waals surface area (Å²) in [5.74, 6) is 2.36.